The maximum atomic E-state index is 14.3. The van der Waals surface area contributed by atoms with E-state index in [1.807, 2.05) is 30.3 Å². The third-order valence-corrected chi connectivity index (χ3v) is 6.48. The number of carbonyl (C=O) groups excluding carboxylic acids is 2. The van der Waals surface area contributed by atoms with Crippen LogP contribution >= 0.6 is 0 Å². The summed E-state index contributed by atoms with van der Waals surface area (Å²) in [5.41, 5.74) is -0.631. The molecule has 1 aliphatic rings. The zero-order valence-corrected chi connectivity index (χ0v) is 21.1. The predicted molar refractivity (Wildman–Crippen MR) is 134 cm³/mol. The van der Waals surface area contributed by atoms with Crippen molar-refractivity contribution in [2.24, 2.45) is 0 Å². The molecule has 8 heteroatoms. The van der Waals surface area contributed by atoms with Gasteiger partial charge >= 0.3 is 12.1 Å². The number of carbonyl (C=O) groups is 3. The quantitative estimate of drug-likeness (QED) is 0.478. The first-order valence-corrected chi connectivity index (χ1v) is 12.3. The van der Waals surface area contributed by atoms with Crippen molar-refractivity contribution in [2.45, 2.75) is 82.4 Å². The Morgan fingerprint density at radius 3 is 2.25 bits per heavy atom. The van der Waals surface area contributed by atoms with Gasteiger partial charge < -0.3 is 20.5 Å². The maximum Gasteiger partial charge on any atom is 0.407 e. The molecule has 0 bridgehead atoms. The Balaban J connectivity index is 1.69. The molecule has 0 spiro atoms. The van der Waals surface area contributed by atoms with Crippen LogP contribution in [-0.4, -0.2) is 40.3 Å². The van der Waals surface area contributed by atoms with Crippen molar-refractivity contribution in [3.8, 4) is 0 Å². The van der Waals surface area contributed by atoms with E-state index in [4.69, 9.17) is 4.74 Å². The van der Waals surface area contributed by atoms with E-state index in [9.17, 15) is 23.9 Å². The number of rotatable bonds is 8. The van der Waals surface area contributed by atoms with Crippen molar-refractivity contribution < 1.29 is 28.6 Å². The molecule has 2 aromatic carbocycles. The molecule has 3 rings (SSSR count). The van der Waals surface area contributed by atoms with Gasteiger partial charge in [-0.1, -0.05) is 48.5 Å². The highest BCUT2D eigenvalue weighted by Gasteiger charge is 2.43. The Hall–Kier alpha value is -3.42. The first-order chi connectivity index (χ1) is 17.0. The highest BCUT2D eigenvalue weighted by Crippen LogP contribution is 2.38. The molecule has 36 heavy (non-hydrogen) atoms. The van der Waals surface area contributed by atoms with Gasteiger partial charge in [-0.05, 0) is 76.0 Å². The van der Waals surface area contributed by atoms with Crippen LogP contribution in [0.25, 0.3) is 0 Å². The minimum Gasteiger partial charge on any atom is -0.480 e. The van der Waals surface area contributed by atoms with Gasteiger partial charge in [-0.2, -0.15) is 0 Å². The zero-order chi connectivity index (χ0) is 26.3. The normalized spacial score (nSPS) is 20.7. The Morgan fingerprint density at radius 1 is 1.06 bits per heavy atom. The number of aliphatic carboxylic acids is 1. The number of hydrogen-bond donors (Lipinski definition) is 3. The number of amides is 2. The molecule has 194 valence electrons. The van der Waals surface area contributed by atoms with E-state index < -0.39 is 41.0 Å². The van der Waals surface area contributed by atoms with E-state index in [0.29, 0.717) is 31.2 Å². The van der Waals surface area contributed by atoms with Crippen molar-refractivity contribution in [3.63, 3.8) is 0 Å². The van der Waals surface area contributed by atoms with Crippen LogP contribution in [0.5, 0.6) is 0 Å². The number of hydrogen-bond acceptors (Lipinski definition) is 4. The standard InChI is InChI=1S/C28H35FN2O5/c1-27(2,3)36-26(35)30-22(17-21-11-7-8-12-23(21)29)18-24(32)31-28(25(33)34)15-13-20(14-16-28)19-9-5-4-6-10-19/h4-12,20,22H,13-18H2,1-3H3,(H,30,35)(H,31,32)(H,33,34)/t20?,22-,28?/m1/s1. The summed E-state index contributed by atoms with van der Waals surface area (Å²) in [7, 11) is 0. The molecule has 0 aliphatic heterocycles. The van der Waals surface area contributed by atoms with Gasteiger partial charge in [0.15, 0.2) is 0 Å². The summed E-state index contributed by atoms with van der Waals surface area (Å²) in [6.07, 6.45) is 0.959. The number of nitrogens with one attached hydrogen (secondary N) is 2. The second-order valence-corrected chi connectivity index (χ2v) is 10.5. The van der Waals surface area contributed by atoms with Crippen molar-refractivity contribution in [1.82, 2.24) is 10.6 Å². The van der Waals surface area contributed by atoms with Gasteiger partial charge in [0.25, 0.3) is 0 Å². The van der Waals surface area contributed by atoms with Gasteiger partial charge in [-0.15, -0.1) is 0 Å². The maximum absolute atomic E-state index is 14.3. The molecule has 3 N–H and O–H groups in total. The molecule has 0 aromatic heterocycles. The number of benzene rings is 2. The van der Waals surface area contributed by atoms with Crippen molar-refractivity contribution >= 4 is 18.0 Å². The highest BCUT2D eigenvalue weighted by atomic mass is 19.1. The third-order valence-electron chi connectivity index (χ3n) is 6.48. The van der Waals surface area contributed by atoms with Crippen LogP contribution in [-0.2, 0) is 20.7 Å². The topological polar surface area (TPSA) is 105 Å². The Kier molecular flexibility index (Phi) is 8.71. The summed E-state index contributed by atoms with van der Waals surface area (Å²) in [6, 6.07) is 15.3. The number of ether oxygens (including phenoxy) is 1. The third kappa shape index (κ3) is 7.54. The molecule has 0 radical (unpaired) electrons. The summed E-state index contributed by atoms with van der Waals surface area (Å²) in [4.78, 5) is 37.7. The molecule has 0 saturated heterocycles. The van der Waals surface area contributed by atoms with E-state index in [2.05, 4.69) is 10.6 Å². The lowest BCUT2D eigenvalue weighted by molar-refractivity contribution is -0.149. The van der Waals surface area contributed by atoms with Crippen LogP contribution in [0.1, 0.15) is 69.9 Å². The first-order valence-electron chi connectivity index (χ1n) is 12.3. The minimum absolute atomic E-state index is 0.0511. The lowest BCUT2D eigenvalue weighted by Crippen LogP contribution is -2.57. The van der Waals surface area contributed by atoms with Crippen molar-refractivity contribution in [1.29, 1.82) is 0 Å². The van der Waals surface area contributed by atoms with E-state index in [1.54, 1.807) is 39.0 Å². The van der Waals surface area contributed by atoms with Gasteiger partial charge in [0, 0.05) is 12.5 Å². The fraction of sp³-hybridized carbons (Fsp3) is 0.464. The Bertz CT molecular complexity index is 1060. The summed E-state index contributed by atoms with van der Waals surface area (Å²) < 4.78 is 19.6. The average molecular weight is 499 g/mol. The summed E-state index contributed by atoms with van der Waals surface area (Å²) >= 11 is 0. The molecule has 1 aliphatic carbocycles. The molecule has 7 nitrogen and oxygen atoms in total. The molecular formula is C28H35FN2O5. The monoisotopic (exact) mass is 498 g/mol. The smallest absolute Gasteiger partial charge is 0.407 e. The van der Waals surface area contributed by atoms with E-state index >= 15 is 0 Å². The minimum atomic E-state index is -1.38. The van der Waals surface area contributed by atoms with Crippen LogP contribution in [0.3, 0.4) is 0 Å². The van der Waals surface area contributed by atoms with E-state index in [1.165, 1.54) is 6.07 Å². The first kappa shape index (κ1) is 27.2. The highest BCUT2D eigenvalue weighted by molar-refractivity contribution is 5.87. The lowest BCUT2D eigenvalue weighted by Gasteiger charge is -2.38. The Labute approximate surface area is 211 Å². The molecule has 1 fully saturated rings. The fourth-order valence-corrected chi connectivity index (χ4v) is 4.68. The second kappa shape index (κ2) is 11.5. The van der Waals surface area contributed by atoms with Crippen LogP contribution in [0.15, 0.2) is 54.6 Å². The van der Waals surface area contributed by atoms with E-state index in [0.717, 1.165) is 5.56 Å². The van der Waals surface area contributed by atoms with Crippen LogP contribution in [0.4, 0.5) is 9.18 Å². The molecule has 0 heterocycles. The van der Waals surface area contributed by atoms with Gasteiger partial charge in [0.1, 0.15) is 17.0 Å². The van der Waals surface area contributed by atoms with Crippen LogP contribution in [0, 0.1) is 5.82 Å². The molecular weight excluding hydrogens is 463 g/mol. The number of carboxylic acid groups (broad SMARTS) is 1. The van der Waals surface area contributed by atoms with Crippen molar-refractivity contribution in [3.05, 3.63) is 71.5 Å². The summed E-state index contributed by atoms with van der Waals surface area (Å²) in [5.74, 6) is -1.81. The SMILES string of the molecule is CC(C)(C)OC(=O)N[C@@H](CC(=O)NC1(C(=O)O)CCC(c2ccccc2)CC1)Cc1ccccc1F. The van der Waals surface area contributed by atoms with E-state index in [-0.39, 0.29) is 18.8 Å². The fourth-order valence-electron chi connectivity index (χ4n) is 4.68. The number of carboxylic acids is 1. The van der Waals surface area contributed by atoms with Crippen molar-refractivity contribution in [2.75, 3.05) is 0 Å². The molecule has 2 amide bonds. The lowest BCUT2D eigenvalue weighted by atomic mass is 9.74. The van der Waals surface area contributed by atoms with Gasteiger partial charge in [0.2, 0.25) is 5.91 Å². The van der Waals surface area contributed by atoms with Crippen LogP contribution in [0.2, 0.25) is 0 Å². The number of halogens is 1. The summed E-state index contributed by atoms with van der Waals surface area (Å²) in [5, 5.41) is 15.4. The van der Waals surface area contributed by atoms with Gasteiger partial charge in [0.05, 0.1) is 0 Å². The van der Waals surface area contributed by atoms with Crippen LogP contribution < -0.4 is 10.6 Å². The van der Waals surface area contributed by atoms with Gasteiger partial charge in [-0.3, -0.25) is 4.79 Å². The molecule has 0 unspecified atom stereocenters. The largest absolute Gasteiger partial charge is 0.480 e. The second-order valence-electron chi connectivity index (χ2n) is 10.5. The summed E-state index contributed by atoms with van der Waals surface area (Å²) in [6.45, 7) is 5.15. The zero-order valence-electron chi connectivity index (χ0n) is 21.1. The van der Waals surface area contributed by atoms with Gasteiger partial charge in [-0.25, -0.2) is 14.0 Å². The number of alkyl carbamates (subject to hydrolysis) is 1. The predicted octanol–water partition coefficient (Wildman–Crippen LogP) is 4.95. The average Bonchev–Trinajstić information content (AvgIpc) is 2.80. The molecule has 1 atom stereocenters. The molecule has 1 saturated carbocycles. The molecule has 2 aromatic rings. The Morgan fingerprint density at radius 2 is 1.67 bits per heavy atom.